The topological polar surface area (TPSA) is 49.4 Å². The van der Waals surface area contributed by atoms with Crippen LogP contribution in [0.3, 0.4) is 0 Å². The monoisotopic (exact) mass is 260 g/mol. The van der Waals surface area contributed by atoms with Gasteiger partial charge in [0.05, 0.1) is 6.42 Å². The van der Waals surface area contributed by atoms with E-state index in [0.717, 1.165) is 5.69 Å². The zero-order valence-electron chi connectivity index (χ0n) is 11.6. The quantitative estimate of drug-likeness (QED) is 0.845. The predicted octanol–water partition coefficient (Wildman–Crippen LogP) is 2.37. The number of nitrogens with zero attached hydrogens (tertiary/aromatic N) is 1. The summed E-state index contributed by atoms with van der Waals surface area (Å²) in [6.07, 6.45) is 0.249. The van der Waals surface area contributed by atoms with E-state index in [0.29, 0.717) is 12.5 Å². The molecule has 0 bridgehead atoms. The molecule has 0 radical (unpaired) electrons. The van der Waals surface area contributed by atoms with E-state index in [1.807, 2.05) is 25.1 Å². The fraction of sp³-hybridized carbons (Fsp3) is 0.467. The summed E-state index contributed by atoms with van der Waals surface area (Å²) in [5.41, 5.74) is 2.12. The van der Waals surface area contributed by atoms with Gasteiger partial charge in [0.2, 0.25) is 5.91 Å². The van der Waals surface area contributed by atoms with Crippen molar-refractivity contribution >= 4 is 17.5 Å². The molecule has 1 aromatic carbocycles. The lowest BCUT2D eigenvalue weighted by Gasteiger charge is -2.15. The number of rotatable bonds is 4. The van der Waals surface area contributed by atoms with E-state index >= 15 is 0 Å². The van der Waals surface area contributed by atoms with Crippen LogP contribution in [0.15, 0.2) is 24.3 Å². The van der Waals surface area contributed by atoms with E-state index < -0.39 is 6.04 Å². The molecule has 2 rings (SSSR count). The third kappa shape index (κ3) is 2.78. The van der Waals surface area contributed by atoms with Crippen LogP contribution in [-0.4, -0.2) is 29.3 Å². The number of likely N-dealkylation sites (tertiary alicyclic amines) is 1. The molecule has 1 aromatic rings. The third-order valence-corrected chi connectivity index (χ3v) is 3.45. The Bertz CT molecular complexity index is 497. The summed E-state index contributed by atoms with van der Waals surface area (Å²) < 4.78 is 0. The number of nitrogens with one attached hydrogen (secondary N) is 1. The van der Waals surface area contributed by atoms with Crippen LogP contribution in [0.1, 0.15) is 38.7 Å². The second kappa shape index (κ2) is 5.43. The first-order valence-corrected chi connectivity index (χ1v) is 6.73. The van der Waals surface area contributed by atoms with Gasteiger partial charge in [-0.15, -0.1) is 0 Å². The van der Waals surface area contributed by atoms with Crippen LogP contribution in [0.5, 0.6) is 0 Å². The predicted molar refractivity (Wildman–Crippen MR) is 75.0 cm³/mol. The van der Waals surface area contributed by atoms with Crippen LogP contribution in [0.25, 0.3) is 0 Å². The van der Waals surface area contributed by atoms with Crippen LogP contribution in [0.4, 0.5) is 5.69 Å². The number of amides is 2. The van der Waals surface area contributed by atoms with Crippen molar-refractivity contribution < 1.29 is 9.59 Å². The molecule has 1 heterocycles. The Kier molecular flexibility index (Phi) is 3.88. The van der Waals surface area contributed by atoms with E-state index in [4.69, 9.17) is 0 Å². The van der Waals surface area contributed by atoms with Gasteiger partial charge in [0.1, 0.15) is 6.04 Å². The van der Waals surface area contributed by atoms with Crippen molar-refractivity contribution in [1.29, 1.82) is 0 Å². The van der Waals surface area contributed by atoms with Crippen LogP contribution < -0.4 is 5.32 Å². The first-order valence-electron chi connectivity index (χ1n) is 6.73. The van der Waals surface area contributed by atoms with E-state index in [1.54, 1.807) is 0 Å². The van der Waals surface area contributed by atoms with Crippen LogP contribution in [-0.2, 0) is 9.59 Å². The molecule has 4 heteroatoms. The van der Waals surface area contributed by atoms with Crippen molar-refractivity contribution in [1.82, 2.24) is 4.90 Å². The molecule has 1 fully saturated rings. The van der Waals surface area contributed by atoms with Crippen molar-refractivity contribution in [3.05, 3.63) is 29.8 Å². The molecule has 1 aliphatic rings. The van der Waals surface area contributed by atoms with E-state index in [1.165, 1.54) is 10.5 Å². The molecular formula is C15H20N2O2. The molecule has 4 nitrogen and oxygen atoms in total. The molecule has 0 saturated carbocycles. The maximum atomic E-state index is 12.0. The average molecular weight is 260 g/mol. The molecule has 1 unspecified atom stereocenters. The van der Waals surface area contributed by atoms with E-state index in [-0.39, 0.29) is 18.2 Å². The number of carbonyl (C=O) groups is 2. The normalized spacial score (nSPS) is 19.4. The van der Waals surface area contributed by atoms with Gasteiger partial charge in [-0.25, -0.2) is 0 Å². The lowest BCUT2D eigenvalue weighted by Crippen LogP contribution is -2.34. The minimum atomic E-state index is -0.421. The molecule has 1 N–H and O–H groups in total. The highest BCUT2D eigenvalue weighted by atomic mass is 16.2. The van der Waals surface area contributed by atoms with Gasteiger partial charge in [0, 0.05) is 12.2 Å². The fourth-order valence-electron chi connectivity index (χ4n) is 2.32. The summed E-state index contributed by atoms with van der Waals surface area (Å²) in [7, 11) is 0. The first-order chi connectivity index (χ1) is 9.02. The Morgan fingerprint density at radius 1 is 1.37 bits per heavy atom. The van der Waals surface area contributed by atoms with E-state index in [2.05, 4.69) is 25.2 Å². The standard InChI is InChI=1S/C15H20N2O2/c1-4-17-14(18)9-13(15(17)19)16-12-7-5-6-11(8-12)10(2)3/h5-8,10,13,16H,4,9H2,1-3H3. The summed E-state index contributed by atoms with van der Waals surface area (Å²) in [4.78, 5) is 25.0. The second-order valence-electron chi connectivity index (χ2n) is 5.16. The Morgan fingerprint density at radius 3 is 2.68 bits per heavy atom. The van der Waals surface area contributed by atoms with Gasteiger partial charge in [-0.2, -0.15) is 0 Å². The Balaban J connectivity index is 2.12. The smallest absolute Gasteiger partial charge is 0.252 e. The molecule has 1 atom stereocenters. The van der Waals surface area contributed by atoms with E-state index in [9.17, 15) is 9.59 Å². The molecule has 19 heavy (non-hydrogen) atoms. The van der Waals surface area contributed by atoms with Crippen molar-refractivity contribution in [3.63, 3.8) is 0 Å². The number of likely N-dealkylation sites (N-methyl/N-ethyl adjacent to an activating group) is 1. The van der Waals surface area contributed by atoms with Crippen molar-refractivity contribution in [2.75, 3.05) is 11.9 Å². The maximum Gasteiger partial charge on any atom is 0.252 e. The Morgan fingerprint density at radius 2 is 2.11 bits per heavy atom. The first kappa shape index (κ1) is 13.6. The van der Waals surface area contributed by atoms with Crippen LogP contribution >= 0.6 is 0 Å². The highest BCUT2D eigenvalue weighted by Gasteiger charge is 2.37. The molecular weight excluding hydrogens is 240 g/mol. The number of benzene rings is 1. The molecule has 102 valence electrons. The van der Waals surface area contributed by atoms with Gasteiger partial charge in [0.15, 0.2) is 0 Å². The number of anilines is 1. The molecule has 0 spiro atoms. The van der Waals surface area contributed by atoms with Crippen LogP contribution in [0.2, 0.25) is 0 Å². The number of hydrogen-bond acceptors (Lipinski definition) is 3. The summed E-state index contributed by atoms with van der Waals surface area (Å²) >= 11 is 0. The lowest BCUT2D eigenvalue weighted by molar-refractivity contribution is -0.138. The number of hydrogen-bond donors (Lipinski definition) is 1. The SMILES string of the molecule is CCN1C(=O)CC(Nc2cccc(C(C)C)c2)C1=O. The molecule has 1 saturated heterocycles. The van der Waals surface area contributed by atoms with Gasteiger partial charge >= 0.3 is 0 Å². The fourth-order valence-corrected chi connectivity index (χ4v) is 2.32. The van der Waals surface area contributed by atoms with Crippen molar-refractivity contribution in [3.8, 4) is 0 Å². The molecule has 2 amide bonds. The Labute approximate surface area is 113 Å². The molecule has 0 aromatic heterocycles. The number of imide groups is 1. The van der Waals surface area contributed by atoms with Gasteiger partial charge in [-0.3, -0.25) is 14.5 Å². The zero-order valence-corrected chi connectivity index (χ0v) is 11.6. The Hall–Kier alpha value is -1.84. The van der Waals surface area contributed by atoms with Crippen molar-refractivity contribution in [2.45, 2.75) is 39.2 Å². The van der Waals surface area contributed by atoms with Crippen molar-refractivity contribution in [2.24, 2.45) is 0 Å². The number of carbonyl (C=O) groups excluding carboxylic acids is 2. The minimum absolute atomic E-state index is 0.0926. The maximum absolute atomic E-state index is 12.0. The van der Waals surface area contributed by atoms with Crippen LogP contribution in [0, 0.1) is 0 Å². The summed E-state index contributed by atoms with van der Waals surface area (Å²) in [5, 5.41) is 3.17. The van der Waals surface area contributed by atoms with Gasteiger partial charge in [-0.1, -0.05) is 26.0 Å². The van der Waals surface area contributed by atoms with Gasteiger partial charge < -0.3 is 5.32 Å². The summed E-state index contributed by atoms with van der Waals surface area (Å²) in [6, 6.07) is 7.58. The summed E-state index contributed by atoms with van der Waals surface area (Å²) in [5.74, 6) is 0.224. The zero-order chi connectivity index (χ0) is 14.0. The second-order valence-corrected chi connectivity index (χ2v) is 5.16. The largest absolute Gasteiger partial charge is 0.373 e. The van der Waals surface area contributed by atoms with Gasteiger partial charge in [-0.05, 0) is 30.5 Å². The summed E-state index contributed by atoms with van der Waals surface area (Å²) in [6.45, 7) is 6.52. The van der Waals surface area contributed by atoms with Gasteiger partial charge in [0.25, 0.3) is 5.91 Å². The average Bonchev–Trinajstić information content (AvgIpc) is 2.64. The highest BCUT2D eigenvalue weighted by molar-refractivity contribution is 6.06. The minimum Gasteiger partial charge on any atom is -0.373 e. The lowest BCUT2D eigenvalue weighted by atomic mass is 10.0. The molecule has 0 aliphatic carbocycles. The molecule has 1 aliphatic heterocycles. The third-order valence-electron chi connectivity index (χ3n) is 3.45. The highest BCUT2D eigenvalue weighted by Crippen LogP contribution is 2.22.